The van der Waals surface area contributed by atoms with Crippen LogP contribution in [0.2, 0.25) is 0 Å². The molecule has 124 valence electrons. The molecule has 0 atom stereocenters. The van der Waals surface area contributed by atoms with Gasteiger partial charge in [-0.05, 0) is 12.1 Å². The zero-order valence-corrected chi connectivity index (χ0v) is 12.9. The number of rotatable bonds is 0. The molecule has 0 saturated carbocycles. The molecule has 0 spiro atoms. The van der Waals surface area contributed by atoms with Crippen molar-refractivity contribution in [3.8, 4) is 11.5 Å². The molecule has 0 unspecified atom stereocenters. The summed E-state index contributed by atoms with van der Waals surface area (Å²) in [5, 5.41) is 3.25. The van der Waals surface area contributed by atoms with Crippen LogP contribution >= 0.6 is 0 Å². The highest BCUT2D eigenvalue weighted by Gasteiger charge is 2.04. The Bertz CT molecular complexity index is 365. The fraction of sp³-hybridized carbons (Fsp3) is 0.625. The van der Waals surface area contributed by atoms with Gasteiger partial charge >= 0.3 is 0 Å². The van der Waals surface area contributed by atoms with Crippen LogP contribution in [0.5, 0.6) is 11.5 Å². The van der Waals surface area contributed by atoms with Gasteiger partial charge in [0.1, 0.15) is 13.2 Å². The van der Waals surface area contributed by atoms with E-state index in [1.165, 1.54) is 0 Å². The highest BCUT2D eigenvalue weighted by molar-refractivity contribution is 5.39. The molecule has 0 fully saturated rings. The molecule has 0 bridgehead atoms. The van der Waals surface area contributed by atoms with Crippen LogP contribution < -0.4 is 14.8 Å². The van der Waals surface area contributed by atoms with E-state index in [0.29, 0.717) is 52.9 Å². The third kappa shape index (κ3) is 7.09. The van der Waals surface area contributed by atoms with Gasteiger partial charge in [0.25, 0.3) is 0 Å². The Morgan fingerprint density at radius 1 is 0.591 bits per heavy atom. The summed E-state index contributed by atoms with van der Waals surface area (Å²) in [5.74, 6) is 1.46. The Morgan fingerprint density at radius 2 is 1.05 bits per heavy atom. The van der Waals surface area contributed by atoms with E-state index in [4.69, 9.17) is 23.7 Å². The van der Waals surface area contributed by atoms with Crippen LogP contribution in [-0.2, 0) is 14.2 Å². The number of nitrogens with one attached hydrogen (secondary N) is 1. The highest BCUT2D eigenvalue weighted by atomic mass is 16.6. The quantitative estimate of drug-likeness (QED) is 0.774. The predicted octanol–water partition coefficient (Wildman–Crippen LogP) is 1.10. The average Bonchev–Trinajstić information content (AvgIpc) is 2.55. The fourth-order valence-corrected chi connectivity index (χ4v) is 1.95. The first-order chi connectivity index (χ1) is 11.0. The summed E-state index contributed by atoms with van der Waals surface area (Å²) in [6, 6.07) is 7.63. The van der Waals surface area contributed by atoms with Crippen molar-refractivity contribution in [2.45, 2.75) is 0 Å². The van der Waals surface area contributed by atoms with Crippen LogP contribution in [0.4, 0.5) is 0 Å². The van der Waals surface area contributed by atoms with Crippen LogP contribution in [0.3, 0.4) is 0 Å². The molecule has 0 aromatic heterocycles. The summed E-state index contributed by atoms with van der Waals surface area (Å²) < 4.78 is 27.8. The smallest absolute Gasteiger partial charge is 0.161 e. The van der Waals surface area contributed by atoms with Crippen molar-refractivity contribution in [3.05, 3.63) is 24.3 Å². The van der Waals surface area contributed by atoms with Crippen molar-refractivity contribution in [3.63, 3.8) is 0 Å². The third-order valence-corrected chi connectivity index (χ3v) is 3.04. The number of hydrogen-bond acceptors (Lipinski definition) is 6. The van der Waals surface area contributed by atoms with Gasteiger partial charge in [-0.25, -0.2) is 0 Å². The predicted molar refractivity (Wildman–Crippen MR) is 82.8 cm³/mol. The van der Waals surface area contributed by atoms with Gasteiger partial charge in [-0.3, -0.25) is 0 Å². The third-order valence-electron chi connectivity index (χ3n) is 3.04. The van der Waals surface area contributed by atoms with Crippen molar-refractivity contribution in [2.24, 2.45) is 0 Å². The Labute approximate surface area is 131 Å². The summed E-state index contributed by atoms with van der Waals surface area (Å²) in [6.07, 6.45) is 0. The van der Waals surface area contributed by atoms with Crippen molar-refractivity contribution in [2.75, 3.05) is 65.9 Å². The number of para-hydroxylation sites is 2. The van der Waals surface area contributed by atoms with Crippen LogP contribution in [0.15, 0.2) is 24.3 Å². The van der Waals surface area contributed by atoms with Gasteiger partial charge in [-0.15, -0.1) is 0 Å². The fourth-order valence-electron chi connectivity index (χ4n) is 1.95. The molecular weight excluding hydrogens is 286 g/mol. The topological polar surface area (TPSA) is 58.2 Å². The Balaban J connectivity index is 1.79. The lowest BCUT2D eigenvalue weighted by Crippen LogP contribution is -2.25. The first-order valence-electron chi connectivity index (χ1n) is 7.75. The lowest BCUT2D eigenvalue weighted by atomic mass is 10.3. The molecule has 22 heavy (non-hydrogen) atoms. The Morgan fingerprint density at radius 3 is 1.59 bits per heavy atom. The lowest BCUT2D eigenvalue weighted by molar-refractivity contribution is 0.0353. The summed E-state index contributed by atoms with van der Waals surface area (Å²) in [6.45, 7) is 6.19. The van der Waals surface area contributed by atoms with Crippen LogP contribution in [0.1, 0.15) is 0 Å². The second kappa shape index (κ2) is 11.3. The summed E-state index contributed by atoms with van der Waals surface area (Å²) in [7, 11) is 0. The maximum Gasteiger partial charge on any atom is 0.161 e. The Hall–Kier alpha value is -1.34. The molecule has 6 heteroatoms. The average molecular weight is 311 g/mol. The molecule has 0 radical (unpaired) electrons. The Kier molecular flexibility index (Phi) is 8.71. The number of ether oxygens (including phenoxy) is 5. The van der Waals surface area contributed by atoms with Gasteiger partial charge < -0.3 is 29.0 Å². The first-order valence-corrected chi connectivity index (χ1v) is 7.75. The van der Waals surface area contributed by atoms with E-state index in [2.05, 4.69) is 5.32 Å². The van der Waals surface area contributed by atoms with Crippen molar-refractivity contribution < 1.29 is 23.7 Å². The molecule has 2 rings (SSSR count). The molecule has 0 aliphatic carbocycles. The van der Waals surface area contributed by atoms with E-state index in [-0.39, 0.29) is 0 Å². The van der Waals surface area contributed by atoms with E-state index in [1.54, 1.807) is 0 Å². The largest absolute Gasteiger partial charge is 0.487 e. The van der Waals surface area contributed by atoms with E-state index < -0.39 is 0 Å². The van der Waals surface area contributed by atoms with Crippen LogP contribution in [0, 0.1) is 0 Å². The van der Waals surface area contributed by atoms with Crippen LogP contribution in [0.25, 0.3) is 0 Å². The second-order valence-corrected chi connectivity index (χ2v) is 4.73. The standard InChI is InChI=1S/C16H25NO5/c1-2-4-16-15(3-1)21-13-11-19-8-6-17-5-7-18-9-10-20-12-14-22-16/h1-4,17H,5-14H2. The van der Waals surface area contributed by atoms with E-state index in [1.807, 2.05) is 24.3 Å². The molecular formula is C16H25NO5. The van der Waals surface area contributed by atoms with Crippen LogP contribution in [-0.4, -0.2) is 65.9 Å². The van der Waals surface area contributed by atoms with Gasteiger partial charge in [-0.1, -0.05) is 12.1 Å². The van der Waals surface area contributed by atoms with Crippen molar-refractivity contribution >= 4 is 0 Å². The molecule has 1 N–H and O–H groups in total. The zero-order chi connectivity index (χ0) is 15.3. The van der Waals surface area contributed by atoms with E-state index >= 15 is 0 Å². The normalized spacial score (nSPS) is 19.8. The molecule has 0 saturated heterocycles. The molecule has 1 aliphatic rings. The monoisotopic (exact) mass is 311 g/mol. The van der Waals surface area contributed by atoms with Gasteiger partial charge in [0.2, 0.25) is 0 Å². The van der Waals surface area contributed by atoms with Crippen molar-refractivity contribution in [1.29, 1.82) is 0 Å². The molecule has 0 amide bonds. The summed E-state index contributed by atoms with van der Waals surface area (Å²) in [4.78, 5) is 0. The molecule has 1 heterocycles. The maximum atomic E-state index is 5.70. The lowest BCUT2D eigenvalue weighted by Gasteiger charge is -2.13. The first kappa shape index (κ1) is 17.0. The SMILES string of the molecule is c1ccc2c(c1)OCCOCCNCCOCCOCCO2. The van der Waals surface area contributed by atoms with E-state index in [0.717, 1.165) is 24.6 Å². The molecule has 6 nitrogen and oxygen atoms in total. The zero-order valence-electron chi connectivity index (χ0n) is 12.9. The van der Waals surface area contributed by atoms with Crippen molar-refractivity contribution in [1.82, 2.24) is 5.32 Å². The minimum Gasteiger partial charge on any atom is -0.487 e. The van der Waals surface area contributed by atoms with E-state index in [9.17, 15) is 0 Å². The maximum absolute atomic E-state index is 5.70. The van der Waals surface area contributed by atoms with Gasteiger partial charge in [0.05, 0.1) is 39.6 Å². The van der Waals surface area contributed by atoms with Gasteiger partial charge in [0.15, 0.2) is 11.5 Å². The number of fused-ring (bicyclic) bond motifs is 1. The highest BCUT2D eigenvalue weighted by Crippen LogP contribution is 2.26. The summed E-state index contributed by atoms with van der Waals surface area (Å²) in [5.41, 5.74) is 0. The summed E-state index contributed by atoms with van der Waals surface area (Å²) >= 11 is 0. The molecule has 1 aliphatic heterocycles. The molecule has 1 aromatic rings. The minimum absolute atomic E-state index is 0.485. The number of hydrogen-bond donors (Lipinski definition) is 1. The van der Waals surface area contributed by atoms with Gasteiger partial charge in [0, 0.05) is 13.1 Å². The van der Waals surface area contributed by atoms with Gasteiger partial charge in [-0.2, -0.15) is 0 Å². The minimum atomic E-state index is 0.485. The number of benzene rings is 1. The molecule has 1 aromatic carbocycles. The second-order valence-electron chi connectivity index (χ2n) is 4.73.